The molecule has 0 spiro atoms. The van der Waals surface area contributed by atoms with E-state index >= 15 is 0 Å². The summed E-state index contributed by atoms with van der Waals surface area (Å²) in [6.45, 7) is 7.27. The highest BCUT2D eigenvalue weighted by atomic mass is 16.5. The van der Waals surface area contributed by atoms with Gasteiger partial charge in [-0.1, -0.05) is 12.8 Å². The Balaban J connectivity index is 2.13. The zero-order chi connectivity index (χ0) is 14.6. The van der Waals surface area contributed by atoms with E-state index in [1.54, 1.807) is 0 Å². The lowest BCUT2D eigenvalue weighted by molar-refractivity contribution is -0.151. The van der Waals surface area contributed by atoms with Crippen molar-refractivity contribution in [3.8, 4) is 0 Å². The van der Waals surface area contributed by atoms with Gasteiger partial charge in [-0.15, -0.1) is 0 Å². The molecule has 20 heavy (non-hydrogen) atoms. The fourth-order valence-corrected chi connectivity index (χ4v) is 3.50. The SMILES string of the molecule is COC(=O)C(CN1CCCCCC1)(NC(C)C)C1CC1. The molecule has 4 nitrogen and oxygen atoms in total. The minimum absolute atomic E-state index is 0.0713. The summed E-state index contributed by atoms with van der Waals surface area (Å²) in [6, 6.07) is 0.293. The molecule has 1 aliphatic carbocycles. The number of ether oxygens (including phenoxy) is 1. The molecule has 4 heteroatoms. The summed E-state index contributed by atoms with van der Waals surface area (Å²) in [5.74, 6) is 0.374. The molecule has 1 saturated heterocycles. The van der Waals surface area contributed by atoms with Crippen molar-refractivity contribution in [3.05, 3.63) is 0 Å². The van der Waals surface area contributed by atoms with Crippen molar-refractivity contribution in [2.24, 2.45) is 5.92 Å². The van der Waals surface area contributed by atoms with Gasteiger partial charge >= 0.3 is 5.97 Å². The molecule has 0 aromatic rings. The van der Waals surface area contributed by atoms with Crippen LogP contribution in [-0.4, -0.2) is 49.2 Å². The maximum absolute atomic E-state index is 12.5. The molecule has 1 heterocycles. The van der Waals surface area contributed by atoms with Gasteiger partial charge in [-0.2, -0.15) is 0 Å². The van der Waals surface area contributed by atoms with Crippen LogP contribution < -0.4 is 5.32 Å². The minimum atomic E-state index is -0.493. The highest BCUT2D eigenvalue weighted by Gasteiger charge is 2.52. The van der Waals surface area contributed by atoms with Gasteiger partial charge in [-0.25, -0.2) is 4.79 Å². The Morgan fingerprint density at radius 1 is 1.25 bits per heavy atom. The molecule has 116 valence electrons. The van der Waals surface area contributed by atoms with Gasteiger partial charge in [0.05, 0.1) is 7.11 Å². The average molecular weight is 282 g/mol. The molecule has 2 rings (SSSR count). The second kappa shape index (κ2) is 6.90. The number of methoxy groups -OCH3 is 1. The van der Waals surface area contributed by atoms with Crippen LogP contribution in [0.3, 0.4) is 0 Å². The number of carbonyl (C=O) groups is 1. The van der Waals surface area contributed by atoms with Crippen molar-refractivity contribution >= 4 is 5.97 Å². The zero-order valence-corrected chi connectivity index (χ0v) is 13.3. The number of likely N-dealkylation sites (tertiary alicyclic amines) is 1. The molecule has 0 amide bonds. The van der Waals surface area contributed by atoms with Crippen LogP contribution in [0.2, 0.25) is 0 Å². The van der Waals surface area contributed by atoms with Crippen molar-refractivity contribution in [2.75, 3.05) is 26.7 Å². The smallest absolute Gasteiger partial charge is 0.327 e. The molecule has 2 fully saturated rings. The fraction of sp³-hybridized carbons (Fsp3) is 0.938. The summed E-state index contributed by atoms with van der Waals surface area (Å²) < 4.78 is 5.16. The van der Waals surface area contributed by atoms with Crippen LogP contribution in [-0.2, 0) is 9.53 Å². The van der Waals surface area contributed by atoms with E-state index in [9.17, 15) is 4.79 Å². The van der Waals surface area contributed by atoms with Crippen molar-refractivity contribution in [3.63, 3.8) is 0 Å². The second-order valence-electron chi connectivity index (χ2n) is 6.73. The quantitative estimate of drug-likeness (QED) is 0.758. The number of hydrogen-bond acceptors (Lipinski definition) is 4. The lowest BCUT2D eigenvalue weighted by Crippen LogP contribution is -2.63. The highest BCUT2D eigenvalue weighted by molar-refractivity contribution is 5.82. The van der Waals surface area contributed by atoms with Gasteiger partial charge in [0.15, 0.2) is 0 Å². The highest BCUT2D eigenvalue weighted by Crippen LogP contribution is 2.41. The van der Waals surface area contributed by atoms with Crippen molar-refractivity contribution < 1.29 is 9.53 Å². The Kier molecular flexibility index (Phi) is 5.44. The van der Waals surface area contributed by atoms with Gasteiger partial charge in [0.2, 0.25) is 0 Å². The van der Waals surface area contributed by atoms with Gasteiger partial charge in [0.1, 0.15) is 5.54 Å². The number of rotatable bonds is 6. The summed E-state index contributed by atoms with van der Waals surface area (Å²) in [5, 5.41) is 3.56. The van der Waals surface area contributed by atoms with E-state index in [4.69, 9.17) is 4.74 Å². The Hall–Kier alpha value is -0.610. The molecule has 0 bridgehead atoms. The van der Waals surface area contributed by atoms with Crippen LogP contribution in [0.4, 0.5) is 0 Å². The first kappa shape index (κ1) is 15.8. The van der Waals surface area contributed by atoms with E-state index in [1.165, 1.54) is 32.8 Å². The number of carbonyl (C=O) groups excluding carboxylic acids is 1. The van der Waals surface area contributed by atoms with Crippen LogP contribution >= 0.6 is 0 Å². The van der Waals surface area contributed by atoms with E-state index in [1.807, 2.05) is 0 Å². The van der Waals surface area contributed by atoms with E-state index in [0.29, 0.717) is 12.0 Å². The average Bonchev–Trinajstić information content (AvgIpc) is 3.23. The van der Waals surface area contributed by atoms with Crippen LogP contribution in [0.5, 0.6) is 0 Å². The summed E-state index contributed by atoms with van der Waals surface area (Å²) in [6.07, 6.45) is 7.43. The molecule has 1 aliphatic heterocycles. The summed E-state index contributed by atoms with van der Waals surface area (Å²) in [5.41, 5.74) is -0.493. The third-order valence-corrected chi connectivity index (χ3v) is 4.54. The minimum Gasteiger partial charge on any atom is -0.468 e. The molecule has 2 aliphatic rings. The molecule has 0 aromatic heterocycles. The molecule has 1 atom stereocenters. The van der Waals surface area contributed by atoms with E-state index in [0.717, 1.165) is 32.5 Å². The van der Waals surface area contributed by atoms with Crippen LogP contribution in [0, 0.1) is 5.92 Å². The Bertz CT molecular complexity index is 320. The molecule has 1 N–H and O–H groups in total. The fourth-order valence-electron chi connectivity index (χ4n) is 3.50. The topological polar surface area (TPSA) is 41.6 Å². The van der Waals surface area contributed by atoms with Gasteiger partial charge in [-0.3, -0.25) is 5.32 Å². The van der Waals surface area contributed by atoms with E-state index in [2.05, 4.69) is 24.1 Å². The lowest BCUT2D eigenvalue weighted by atomic mass is 9.91. The molecular weight excluding hydrogens is 252 g/mol. The maximum Gasteiger partial charge on any atom is 0.327 e. The summed E-state index contributed by atoms with van der Waals surface area (Å²) in [4.78, 5) is 15.0. The number of esters is 1. The predicted molar refractivity (Wildman–Crippen MR) is 80.7 cm³/mol. The monoisotopic (exact) mass is 282 g/mol. The molecule has 1 saturated carbocycles. The van der Waals surface area contributed by atoms with Crippen molar-refractivity contribution in [1.82, 2.24) is 10.2 Å². The normalized spacial score (nSPS) is 24.2. The van der Waals surface area contributed by atoms with Gasteiger partial charge < -0.3 is 9.64 Å². The van der Waals surface area contributed by atoms with Gasteiger partial charge in [0.25, 0.3) is 0 Å². The molecule has 1 unspecified atom stereocenters. The van der Waals surface area contributed by atoms with Crippen LogP contribution in [0.1, 0.15) is 52.4 Å². The first-order valence-electron chi connectivity index (χ1n) is 8.17. The van der Waals surface area contributed by atoms with Gasteiger partial charge in [-0.05, 0) is 58.5 Å². The zero-order valence-electron chi connectivity index (χ0n) is 13.3. The summed E-state index contributed by atoms with van der Waals surface area (Å²) in [7, 11) is 1.52. The van der Waals surface area contributed by atoms with Gasteiger partial charge in [0, 0.05) is 12.6 Å². The maximum atomic E-state index is 12.5. The lowest BCUT2D eigenvalue weighted by Gasteiger charge is -2.38. The van der Waals surface area contributed by atoms with Crippen LogP contribution in [0.15, 0.2) is 0 Å². The van der Waals surface area contributed by atoms with Crippen molar-refractivity contribution in [2.45, 2.75) is 64.0 Å². The molecule has 0 aromatic carbocycles. The van der Waals surface area contributed by atoms with Crippen molar-refractivity contribution in [1.29, 1.82) is 0 Å². The molecule has 0 radical (unpaired) electrons. The summed E-state index contributed by atoms with van der Waals surface area (Å²) >= 11 is 0. The van der Waals surface area contributed by atoms with E-state index in [-0.39, 0.29) is 5.97 Å². The third-order valence-electron chi connectivity index (χ3n) is 4.54. The predicted octanol–water partition coefficient (Wildman–Crippen LogP) is 2.18. The second-order valence-corrected chi connectivity index (χ2v) is 6.73. The Labute approximate surface area is 123 Å². The third kappa shape index (κ3) is 3.73. The molecular formula is C16H30N2O2. The number of nitrogens with one attached hydrogen (secondary N) is 1. The number of nitrogens with zero attached hydrogens (tertiary/aromatic N) is 1. The first-order valence-corrected chi connectivity index (χ1v) is 8.17. The largest absolute Gasteiger partial charge is 0.468 e. The van der Waals surface area contributed by atoms with Crippen LogP contribution in [0.25, 0.3) is 0 Å². The standard InChI is InChI=1S/C16H30N2O2/c1-13(2)17-16(14-8-9-14,15(19)20-3)12-18-10-6-4-5-7-11-18/h13-14,17H,4-12H2,1-3H3. The Morgan fingerprint density at radius 2 is 1.85 bits per heavy atom. The number of hydrogen-bond donors (Lipinski definition) is 1. The first-order chi connectivity index (χ1) is 9.58. The van der Waals surface area contributed by atoms with E-state index < -0.39 is 5.54 Å². The Morgan fingerprint density at radius 3 is 2.30 bits per heavy atom.